The molecule has 100 valence electrons. The van der Waals surface area contributed by atoms with Gasteiger partial charge in [-0.2, -0.15) is 0 Å². The van der Waals surface area contributed by atoms with Gasteiger partial charge in [-0.3, -0.25) is 0 Å². The highest BCUT2D eigenvalue weighted by Crippen LogP contribution is 2.09. The molecule has 0 radical (unpaired) electrons. The van der Waals surface area contributed by atoms with E-state index in [1.807, 2.05) is 0 Å². The van der Waals surface area contributed by atoms with Gasteiger partial charge in [0.05, 0.1) is 12.2 Å². The van der Waals surface area contributed by atoms with Gasteiger partial charge in [0, 0.05) is 11.1 Å². The minimum atomic E-state index is -0.328. The number of ether oxygens (including phenoxy) is 1. The summed E-state index contributed by atoms with van der Waals surface area (Å²) in [6, 6.07) is 13.6. The van der Waals surface area contributed by atoms with Gasteiger partial charge in [0.1, 0.15) is 5.75 Å². The van der Waals surface area contributed by atoms with Gasteiger partial charge in [-0.15, -0.1) is 0 Å². The van der Waals surface area contributed by atoms with Crippen molar-refractivity contribution in [2.75, 3.05) is 6.61 Å². The molecule has 2 aromatic rings. The maximum Gasteiger partial charge on any atom is 0.338 e. The minimum Gasteiger partial charge on any atom is -0.508 e. The van der Waals surface area contributed by atoms with E-state index in [1.165, 1.54) is 0 Å². The number of carbonyl (C=O) groups is 1. The van der Waals surface area contributed by atoms with Crippen LogP contribution in [0.3, 0.4) is 0 Å². The van der Waals surface area contributed by atoms with E-state index < -0.39 is 0 Å². The maximum absolute atomic E-state index is 11.5. The Balaban J connectivity index is 2.11. The fourth-order valence-corrected chi connectivity index (χ4v) is 1.59. The lowest BCUT2D eigenvalue weighted by atomic mass is 10.1. The second-order valence-electron chi connectivity index (χ2n) is 4.09. The molecule has 0 aliphatic carbocycles. The summed E-state index contributed by atoms with van der Waals surface area (Å²) in [5.41, 5.74) is 2.14. The number of rotatable bonds is 2. The normalized spacial score (nSPS) is 9.45. The van der Waals surface area contributed by atoms with E-state index in [9.17, 15) is 9.90 Å². The fourth-order valence-electron chi connectivity index (χ4n) is 1.59. The molecule has 0 saturated heterocycles. The summed E-state index contributed by atoms with van der Waals surface area (Å²) in [5.74, 6) is 5.87. The molecule has 0 spiro atoms. The van der Waals surface area contributed by atoms with Crippen LogP contribution < -0.4 is 0 Å². The van der Waals surface area contributed by atoms with Crippen molar-refractivity contribution in [3.05, 3.63) is 65.2 Å². The van der Waals surface area contributed by atoms with Gasteiger partial charge < -0.3 is 9.84 Å². The molecule has 0 aliphatic rings. The van der Waals surface area contributed by atoms with Crippen LogP contribution >= 0.6 is 0 Å². The molecule has 0 bridgehead atoms. The van der Waals surface area contributed by atoms with Crippen LogP contribution in [0.15, 0.2) is 48.5 Å². The fraction of sp³-hybridized carbons (Fsp3) is 0.118. The molecule has 0 fully saturated rings. The summed E-state index contributed by atoms with van der Waals surface area (Å²) in [6.45, 7) is 2.14. The minimum absolute atomic E-state index is 0.217. The number of hydrogen-bond acceptors (Lipinski definition) is 3. The van der Waals surface area contributed by atoms with Crippen molar-refractivity contribution < 1.29 is 14.6 Å². The number of phenols is 1. The highest BCUT2D eigenvalue weighted by atomic mass is 16.5. The zero-order valence-electron chi connectivity index (χ0n) is 11.1. The molecule has 1 N–H and O–H groups in total. The first-order valence-electron chi connectivity index (χ1n) is 6.27. The largest absolute Gasteiger partial charge is 0.508 e. The SMILES string of the molecule is CCOC(=O)c1ccc(C#Cc2ccc(O)cc2)cc1. The smallest absolute Gasteiger partial charge is 0.338 e. The second-order valence-corrected chi connectivity index (χ2v) is 4.09. The predicted molar refractivity (Wildman–Crippen MR) is 76.5 cm³/mol. The van der Waals surface area contributed by atoms with E-state index in [4.69, 9.17) is 4.74 Å². The van der Waals surface area contributed by atoms with Gasteiger partial charge in [0.25, 0.3) is 0 Å². The molecule has 0 aromatic heterocycles. The van der Waals surface area contributed by atoms with Crippen LogP contribution in [-0.2, 0) is 4.74 Å². The molecule has 2 rings (SSSR count). The van der Waals surface area contributed by atoms with Crippen molar-refractivity contribution in [2.24, 2.45) is 0 Å². The molecule has 3 nitrogen and oxygen atoms in total. The highest BCUT2D eigenvalue weighted by molar-refractivity contribution is 5.89. The van der Waals surface area contributed by atoms with Gasteiger partial charge in [-0.1, -0.05) is 11.8 Å². The monoisotopic (exact) mass is 266 g/mol. The topological polar surface area (TPSA) is 46.5 Å². The first-order valence-corrected chi connectivity index (χ1v) is 6.27. The summed E-state index contributed by atoms with van der Waals surface area (Å²) < 4.78 is 4.91. The Kier molecular flexibility index (Phi) is 4.41. The average Bonchev–Trinajstić information content (AvgIpc) is 2.47. The van der Waals surface area contributed by atoms with Crippen molar-refractivity contribution >= 4 is 5.97 Å². The number of esters is 1. The number of carbonyl (C=O) groups excluding carboxylic acids is 1. The predicted octanol–water partition coefficient (Wildman–Crippen LogP) is 2.97. The number of hydrogen-bond donors (Lipinski definition) is 1. The van der Waals surface area contributed by atoms with Crippen LogP contribution in [0.1, 0.15) is 28.4 Å². The maximum atomic E-state index is 11.5. The van der Waals surface area contributed by atoms with Crippen LogP contribution in [0.5, 0.6) is 5.75 Å². The first-order chi connectivity index (χ1) is 9.69. The van der Waals surface area contributed by atoms with Crippen LogP contribution in [0.4, 0.5) is 0 Å². The van der Waals surface area contributed by atoms with E-state index in [2.05, 4.69) is 11.8 Å². The zero-order chi connectivity index (χ0) is 14.4. The molecular weight excluding hydrogens is 252 g/mol. The second kappa shape index (κ2) is 6.44. The third-order valence-corrected chi connectivity index (χ3v) is 2.61. The summed E-state index contributed by atoms with van der Waals surface area (Å²) >= 11 is 0. The standard InChI is InChI=1S/C17H14O3/c1-2-20-17(19)15-9-5-13(6-10-15)3-4-14-7-11-16(18)12-8-14/h5-12,18H,2H2,1H3. The lowest BCUT2D eigenvalue weighted by Crippen LogP contribution is -2.04. The third-order valence-electron chi connectivity index (χ3n) is 2.61. The average molecular weight is 266 g/mol. The number of phenolic OH excluding ortho intramolecular Hbond substituents is 1. The Morgan fingerprint density at radius 3 is 2.00 bits per heavy atom. The molecule has 3 heteroatoms. The summed E-state index contributed by atoms with van der Waals surface area (Å²) in [6.07, 6.45) is 0. The van der Waals surface area contributed by atoms with Gasteiger partial charge in [-0.05, 0) is 55.5 Å². The molecule has 0 amide bonds. The Morgan fingerprint density at radius 1 is 1.00 bits per heavy atom. The van der Waals surface area contributed by atoms with E-state index in [0.717, 1.165) is 11.1 Å². The van der Waals surface area contributed by atoms with Crippen molar-refractivity contribution in [3.8, 4) is 17.6 Å². The Hall–Kier alpha value is -2.73. The summed E-state index contributed by atoms with van der Waals surface area (Å²) in [5, 5.41) is 9.18. The first kappa shape index (κ1) is 13.7. The number of benzene rings is 2. The van der Waals surface area contributed by atoms with Crippen LogP contribution in [0.2, 0.25) is 0 Å². The van der Waals surface area contributed by atoms with E-state index in [-0.39, 0.29) is 11.7 Å². The third kappa shape index (κ3) is 3.63. The Bertz CT molecular complexity index is 643. The molecule has 0 unspecified atom stereocenters. The molecule has 0 aliphatic heterocycles. The summed E-state index contributed by atoms with van der Waals surface area (Å²) in [4.78, 5) is 11.5. The van der Waals surface area contributed by atoms with Crippen molar-refractivity contribution in [1.82, 2.24) is 0 Å². The van der Waals surface area contributed by atoms with Gasteiger partial charge in [0.2, 0.25) is 0 Å². The molecule has 0 saturated carbocycles. The molecular formula is C17H14O3. The summed E-state index contributed by atoms with van der Waals surface area (Å²) in [7, 11) is 0. The lowest BCUT2D eigenvalue weighted by molar-refractivity contribution is 0.0526. The van der Waals surface area contributed by atoms with Crippen LogP contribution in [0, 0.1) is 11.8 Å². The van der Waals surface area contributed by atoms with E-state index in [0.29, 0.717) is 12.2 Å². The highest BCUT2D eigenvalue weighted by Gasteiger charge is 2.04. The van der Waals surface area contributed by atoms with E-state index in [1.54, 1.807) is 55.5 Å². The van der Waals surface area contributed by atoms with Gasteiger partial charge >= 0.3 is 5.97 Å². The van der Waals surface area contributed by atoms with E-state index >= 15 is 0 Å². The Labute approximate surface area is 117 Å². The quantitative estimate of drug-likeness (QED) is 0.671. The van der Waals surface area contributed by atoms with Crippen molar-refractivity contribution in [3.63, 3.8) is 0 Å². The molecule has 20 heavy (non-hydrogen) atoms. The molecule has 0 heterocycles. The molecule has 0 atom stereocenters. The number of aromatic hydroxyl groups is 1. The van der Waals surface area contributed by atoms with Crippen LogP contribution in [-0.4, -0.2) is 17.7 Å². The van der Waals surface area contributed by atoms with Crippen molar-refractivity contribution in [2.45, 2.75) is 6.92 Å². The van der Waals surface area contributed by atoms with Crippen LogP contribution in [0.25, 0.3) is 0 Å². The van der Waals surface area contributed by atoms with Gasteiger partial charge in [-0.25, -0.2) is 4.79 Å². The van der Waals surface area contributed by atoms with Gasteiger partial charge in [0.15, 0.2) is 0 Å². The lowest BCUT2D eigenvalue weighted by Gasteiger charge is -2.00. The zero-order valence-corrected chi connectivity index (χ0v) is 11.1. The molecule has 2 aromatic carbocycles. The van der Waals surface area contributed by atoms with Crippen molar-refractivity contribution in [1.29, 1.82) is 0 Å². The Morgan fingerprint density at radius 2 is 1.50 bits per heavy atom.